The number of likely N-dealkylation sites (tertiary alicyclic amines) is 1. The van der Waals surface area contributed by atoms with E-state index in [0.717, 1.165) is 40.0 Å². The summed E-state index contributed by atoms with van der Waals surface area (Å²) in [5.74, 6) is -0.479. The van der Waals surface area contributed by atoms with Crippen LogP contribution in [-0.2, 0) is 16.0 Å². The zero-order valence-corrected chi connectivity index (χ0v) is 18.0. The summed E-state index contributed by atoms with van der Waals surface area (Å²) < 4.78 is 0. The van der Waals surface area contributed by atoms with Gasteiger partial charge in [-0.1, -0.05) is 0 Å². The maximum absolute atomic E-state index is 12.6. The van der Waals surface area contributed by atoms with E-state index in [0.29, 0.717) is 25.9 Å². The van der Waals surface area contributed by atoms with Crippen LogP contribution in [0.4, 0.5) is 0 Å². The van der Waals surface area contributed by atoms with Crippen molar-refractivity contribution in [2.24, 2.45) is 0 Å². The number of amides is 2. The molecule has 1 unspecified atom stereocenters. The van der Waals surface area contributed by atoms with Crippen molar-refractivity contribution in [2.45, 2.75) is 31.7 Å². The number of aromatic amines is 2. The molecular weight excluding hydrogens is 420 g/mol. The minimum atomic E-state index is -0.504. The lowest BCUT2D eigenvalue weighted by Crippen LogP contribution is -2.46. The lowest BCUT2D eigenvalue weighted by molar-refractivity contribution is -0.137. The van der Waals surface area contributed by atoms with Crippen molar-refractivity contribution in [3.05, 3.63) is 42.0 Å². The van der Waals surface area contributed by atoms with E-state index in [1.54, 1.807) is 24.5 Å². The predicted molar refractivity (Wildman–Crippen MR) is 123 cm³/mol. The second-order valence-corrected chi connectivity index (χ2v) is 7.76. The Morgan fingerprint density at radius 2 is 2.27 bits per heavy atom. The normalized spacial score (nSPS) is 15.7. The first kappa shape index (κ1) is 22.0. The Morgan fingerprint density at radius 3 is 3.09 bits per heavy atom. The Morgan fingerprint density at radius 1 is 1.39 bits per heavy atom. The van der Waals surface area contributed by atoms with Crippen molar-refractivity contribution in [3.63, 3.8) is 0 Å². The Bertz CT molecular complexity index is 1250. The summed E-state index contributed by atoms with van der Waals surface area (Å²) in [6, 6.07) is 5.28. The van der Waals surface area contributed by atoms with Gasteiger partial charge in [-0.15, -0.1) is 0 Å². The molecule has 0 saturated carbocycles. The molecule has 4 rings (SSSR count). The van der Waals surface area contributed by atoms with Gasteiger partial charge in [0.1, 0.15) is 18.1 Å². The second-order valence-electron chi connectivity index (χ2n) is 7.76. The lowest BCUT2D eigenvalue weighted by atomic mass is 10.0. The molecule has 1 saturated heterocycles. The van der Waals surface area contributed by atoms with Crippen molar-refractivity contribution < 1.29 is 9.59 Å². The standard InChI is InChI=1S/C23H24N8O2/c24-8-1-3-19-18(14-28-30-19)16-7-11-26-22-17(16)13-15(29-22)6-10-27-23(33)20-4-2-12-31(20)21(32)5-9-25/h1,3,7-8,11,13-14,20,24H,2,4-6,10,12H2,(H,26,29)(H,27,33)(H,28,30)/b3-1-,24-8?. The molecule has 1 aliphatic heterocycles. The number of aromatic nitrogens is 4. The Labute approximate surface area is 190 Å². The van der Waals surface area contributed by atoms with Gasteiger partial charge in [-0.05, 0) is 42.7 Å². The largest absolute Gasteiger partial charge is 0.354 e. The van der Waals surface area contributed by atoms with Gasteiger partial charge >= 0.3 is 0 Å². The van der Waals surface area contributed by atoms with Crippen molar-refractivity contribution in [2.75, 3.05) is 13.1 Å². The van der Waals surface area contributed by atoms with Crippen LogP contribution in [0.15, 0.2) is 30.6 Å². The molecule has 1 fully saturated rings. The van der Waals surface area contributed by atoms with Gasteiger partial charge in [0.05, 0.1) is 18.0 Å². The van der Waals surface area contributed by atoms with Crippen LogP contribution in [0.3, 0.4) is 0 Å². The predicted octanol–water partition coefficient (Wildman–Crippen LogP) is 2.18. The van der Waals surface area contributed by atoms with Crippen molar-refractivity contribution in [1.29, 1.82) is 10.7 Å². The number of rotatable bonds is 8. The van der Waals surface area contributed by atoms with Gasteiger partial charge in [0, 0.05) is 48.6 Å². The molecule has 4 N–H and O–H groups in total. The Kier molecular flexibility index (Phi) is 6.59. The minimum Gasteiger partial charge on any atom is -0.354 e. The molecular formula is C23H24N8O2. The summed E-state index contributed by atoms with van der Waals surface area (Å²) in [7, 11) is 0. The van der Waals surface area contributed by atoms with E-state index in [4.69, 9.17) is 10.7 Å². The molecule has 3 aromatic rings. The van der Waals surface area contributed by atoms with E-state index in [1.807, 2.05) is 18.2 Å². The average Bonchev–Trinajstić information content (AvgIpc) is 3.56. The Hall–Kier alpha value is -4.26. The monoisotopic (exact) mass is 444 g/mol. The van der Waals surface area contributed by atoms with E-state index < -0.39 is 6.04 Å². The van der Waals surface area contributed by atoms with Crippen molar-refractivity contribution in [3.8, 4) is 17.2 Å². The number of pyridine rings is 1. The highest BCUT2D eigenvalue weighted by atomic mass is 16.2. The van der Waals surface area contributed by atoms with Crippen LogP contribution in [0.1, 0.15) is 30.7 Å². The Balaban J connectivity index is 1.44. The summed E-state index contributed by atoms with van der Waals surface area (Å²) in [5.41, 5.74) is 4.33. The molecule has 0 aliphatic carbocycles. The average molecular weight is 444 g/mol. The van der Waals surface area contributed by atoms with Crippen molar-refractivity contribution in [1.82, 2.24) is 30.4 Å². The summed E-state index contributed by atoms with van der Waals surface area (Å²) in [5, 5.41) is 26.9. The summed E-state index contributed by atoms with van der Waals surface area (Å²) in [4.78, 5) is 33.9. The SMILES string of the molecule is N#CCC(=O)N1CCCC1C(=O)NCCc1cc2c(-c3cn[nH]c3/C=C\C=N)ccnc2[nH]1. The third-order valence-electron chi connectivity index (χ3n) is 5.71. The van der Waals surface area contributed by atoms with Gasteiger partial charge in [-0.2, -0.15) is 10.4 Å². The number of nitrogens with zero attached hydrogens (tertiary/aromatic N) is 4. The molecule has 0 radical (unpaired) electrons. The number of hydrogen-bond acceptors (Lipinski definition) is 6. The van der Waals surface area contributed by atoms with E-state index >= 15 is 0 Å². The molecule has 1 aliphatic rings. The maximum atomic E-state index is 12.6. The topological polar surface area (TPSA) is 154 Å². The number of hydrogen-bond donors (Lipinski definition) is 4. The van der Waals surface area contributed by atoms with Gasteiger partial charge in [0.2, 0.25) is 11.8 Å². The molecule has 0 bridgehead atoms. The van der Waals surface area contributed by atoms with Gasteiger partial charge in [-0.25, -0.2) is 4.98 Å². The van der Waals surface area contributed by atoms with E-state index in [9.17, 15) is 9.59 Å². The van der Waals surface area contributed by atoms with Crippen LogP contribution in [0.25, 0.3) is 28.2 Å². The third-order valence-corrected chi connectivity index (χ3v) is 5.71. The highest BCUT2D eigenvalue weighted by molar-refractivity contribution is 5.95. The fraction of sp³-hybridized carbons (Fsp3) is 0.304. The lowest BCUT2D eigenvalue weighted by Gasteiger charge is -2.23. The number of carbonyl (C=O) groups excluding carboxylic acids is 2. The molecule has 2 amide bonds. The number of allylic oxidation sites excluding steroid dienone is 1. The van der Waals surface area contributed by atoms with Crippen molar-refractivity contribution >= 4 is 35.1 Å². The first-order valence-electron chi connectivity index (χ1n) is 10.7. The molecule has 33 heavy (non-hydrogen) atoms. The molecule has 4 heterocycles. The van der Waals surface area contributed by atoms with Crippen LogP contribution in [-0.4, -0.2) is 62.2 Å². The molecule has 1 atom stereocenters. The van der Waals surface area contributed by atoms with Crippen LogP contribution < -0.4 is 5.32 Å². The smallest absolute Gasteiger partial charge is 0.242 e. The first-order chi connectivity index (χ1) is 16.1. The van der Waals surface area contributed by atoms with Crippen LogP contribution >= 0.6 is 0 Å². The van der Waals surface area contributed by atoms with E-state index in [2.05, 4.69) is 25.5 Å². The molecule has 10 nitrogen and oxygen atoms in total. The molecule has 0 aromatic carbocycles. The number of fused-ring (bicyclic) bond motifs is 1. The summed E-state index contributed by atoms with van der Waals surface area (Å²) >= 11 is 0. The summed E-state index contributed by atoms with van der Waals surface area (Å²) in [6.07, 6.45) is 9.84. The molecule has 168 valence electrons. The van der Waals surface area contributed by atoms with E-state index in [1.165, 1.54) is 11.1 Å². The fourth-order valence-electron chi connectivity index (χ4n) is 4.18. The number of carbonyl (C=O) groups is 2. The van der Waals surface area contributed by atoms with Crippen LogP contribution in [0.2, 0.25) is 0 Å². The zero-order valence-electron chi connectivity index (χ0n) is 18.0. The van der Waals surface area contributed by atoms with Gasteiger partial charge < -0.3 is 20.6 Å². The maximum Gasteiger partial charge on any atom is 0.242 e. The van der Waals surface area contributed by atoms with Crippen LogP contribution in [0, 0.1) is 16.7 Å². The highest BCUT2D eigenvalue weighted by Crippen LogP contribution is 2.30. The fourth-order valence-corrected chi connectivity index (χ4v) is 4.18. The minimum absolute atomic E-state index is 0.185. The van der Waals surface area contributed by atoms with E-state index in [-0.39, 0.29) is 18.2 Å². The second kappa shape index (κ2) is 9.91. The van der Waals surface area contributed by atoms with Gasteiger partial charge in [-0.3, -0.25) is 14.7 Å². The van der Waals surface area contributed by atoms with Crippen LogP contribution in [0.5, 0.6) is 0 Å². The summed E-state index contributed by atoms with van der Waals surface area (Å²) in [6.45, 7) is 0.927. The number of nitrogens with one attached hydrogen (secondary N) is 4. The number of H-pyrrole nitrogens is 2. The number of nitriles is 1. The first-order valence-corrected chi connectivity index (χ1v) is 10.7. The highest BCUT2D eigenvalue weighted by Gasteiger charge is 2.33. The molecule has 10 heteroatoms. The molecule has 3 aromatic heterocycles. The third kappa shape index (κ3) is 4.67. The quantitative estimate of drug-likeness (QED) is 0.392. The van der Waals surface area contributed by atoms with Gasteiger partial charge in [0.15, 0.2) is 0 Å². The van der Waals surface area contributed by atoms with Gasteiger partial charge in [0.25, 0.3) is 0 Å². The zero-order chi connectivity index (χ0) is 23.2. The molecule has 0 spiro atoms.